The highest BCUT2D eigenvalue weighted by atomic mass is 32.1. The van der Waals surface area contributed by atoms with Crippen LogP contribution in [-0.4, -0.2) is 69.0 Å². The Hall–Kier alpha value is -2.03. The van der Waals surface area contributed by atoms with Gasteiger partial charge in [0.25, 0.3) is 0 Å². The monoisotopic (exact) mass is 577 g/mol. The molecule has 0 radical (unpaired) electrons. The number of benzene rings is 1. The Balaban J connectivity index is 1.83. The third-order valence-electron chi connectivity index (χ3n) is 5.35. The number of aliphatic hydroxyl groups is 2. The number of carbonyl (C=O) groups is 1. The molecule has 3 rings (SSSR count). The third-order valence-corrected chi connectivity index (χ3v) is 7.54. The van der Waals surface area contributed by atoms with Crippen LogP contribution in [0.5, 0.6) is 5.75 Å². The zero-order valence-corrected chi connectivity index (χ0v) is 22.8. The number of carbonyl (C=O) groups excluding carboxylic acids is 1. The number of aromatic nitrogens is 2. The molecule has 0 amide bonds. The summed E-state index contributed by atoms with van der Waals surface area (Å²) in [5.74, 6) is -0.532. The van der Waals surface area contributed by atoms with E-state index in [1.807, 2.05) is 0 Å². The number of aliphatic hydroxyl groups excluding tert-OH is 1. The normalized spacial score (nSPS) is 26.0. The van der Waals surface area contributed by atoms with Gasteiger partial charge in [-0.15, -0.1) is 0 Å². The van der Waals surface area contributed by atoms with Crippen LogP contribution in [0.15, 0.2) is 42.6 Å². The molecular formula is C22H29FN3O8PS2. The number of hydrogen-bond acceptors (Lipinski definition) is 10. The molecule has 2 heterocycles. The first kappa shape index (κ1) is 29.5. The Morgan fingerprint density at radius 1 is 1.30 bits per heavy atom. The number of halogens is 1. The van der Waals surface area contributed by atoms with Crippen LogP contribution in [0.1, 0.15) is 27.0 Å². The quantitative estimate of drug-likeness (QED) is 0.177. The topological polar surface area (TPSA) is 144 Å². The Morgan fingerprint density at radius 3 is 2.57 bits per heavy atom. The second-order valence-electron chi connectivity index (χ2n) is 8.65. The summed E-state index contributed by atoms with van der Waals surface area (Å²) in [5, 5.41) is 24.2. The van der Waals surface area contributed by atoms with Gasteiger partial charge in [0.2, 0.25) is 0 Å². The van der Waals surface area contributed by atoms with Crippen molar-refractivity contribution in [2.75, 3.05) is 13.3 Å². The average molecular weight is 578 g/mol. The second-order valence-corrected chi connectivity index (χ2v) is 11.2. The lowest BCUT2D eigenvalue weighted by molar-refractivity contribution is -0.149. The van der Waals surface area contributed by atoms with Crippen molar-refractivity contribution < 1.29 is 42.5 Å². The molecule has 37 heavy (non-hydrogen) atoms. The van der Waals surface area contributed by atoms with E-state index in [0.29, 0.717) is 4.64 Å². The summed E-state index contributed by atoms with van der Waals surface area (Å²) in [4.78, 5) is 15.0. The van der Waals surface area contributed by atoms with Gasteiger partial charge in [-0.3, -0.25) is 13.9 Å². The number of nitrogens with one attached hydrogen (secondary N) is 2. The molecule has 1 aliphatic heterocycles. The number of para-hydroxylation sites is 1. The Morgan fingerprint density at radius 2 is 1.97 bits per heavy atom. The molecule has 15 heteroatoms. The summed E-state index contributed by atoms with van der Waals surface area (Å²) < 4.78 is 51.1. The van der Waals surface area contributed by atoms with E-state index < -0.39 is 63.2 Å². The molecular weight excluding hydrogens is 548 g/mol. The lowest BCUT2D eigenvalue weighted by atomic mass is 9.95. The summed E-state index contributed by atoms with van der Waals surface area (Å²) in [7, 11) is -4.30. The van der Waals surface area contributed by atoms with E-state index in [-0.39, 0.29) is 10.5 Å². The number of hydrogen-bond donors (Lipinski definition) is 4. The van der Waals surface area contributed by atoms with Gasteiger partial charge in [0.1, 0.15) is 35.3 Å². The van der Waals surface area contributed by atoms with Gasteiger partial charge in [-0.1, -0.05) is 30.4 Å². The largest absolute Gasteiger partial charge is 0.462 e. The van der Waals surface area contributed by atoms with Crippen molar-refractivity contribution in [3.63, 3.8) is 0 Å². The molecule has 1 aromatic heterocycles. The highest BCUT2D eigenvalue weighted by Gasteiger charge is 2.57. The van der Waals surface area contributed by atoms with Crippen molar-refractivity contribution in [2.24, 2.45) is 0 Å². The Bertz CT molecular complexity index is 1250. The molecule has 0 aliphatic carbocycles. The van der Waals surface area contributed by atoms with Crippen molar-refractivity contribution >= 4 is 38.2 Å². The Kier molecular flexibility index (Phi) is 9.75. The predicted molar refractivity (Wildman–Crippen MR) is 136 cm³/mol. The highest BCUT2D eigenvalue weighted by molar-refractivity contribution is 7.72. The third kappa shape index (κ3) is 7.09. The second kappa shape index (κ2) is 12.2. The fraction of sp³-hybridized carbons (Fsp3) is 0.500. The number of rotatable bonds is 11. The zero-order chi connectivity index (χ0) is 27.4. The van der Waals surface area contributed by atoms with E-state index in [4.69, 9.17) is 43.0 Å². The van der Waals surface area contributed by atoms with Crippen LogP contribution in [0.25, 0.3) is 0 Å². The van der Waals surface area contributed by atoms with Crippen LogP contribution in [0.4, 0.5) is 4.39 Å². The van der Waals surface area contributed by atoms with Crippen LogP contribution >= 0.6 is 32.2 Å². The summed E-state index contributed by atoms with van der Waals surface area (Å²) in [6.45, 7) is 2.73. The first-order valence-corrected chi connectivity index (χ1v) is 13.7. The first-order chi connectivity index (χ1) is 17.4. The Labute approximate surface area is 223 Å². The van der Waals surface area contributed by atoms with Gasteiger partial charge in [0.15, 0.2) is 16.6 Å². The molecule has 11 nitrogen and oxygen atoms in total. The molecule has 0 saturated carbocycles. The molecule has 1 fully saturated rings. The van der Waals surface area contributed by atoms with Crippen molar-refractivity contribution in [1.82, 2.24) is 14.6 Å². The maximum Gasteiger partial charge on any atom is 0.459 e. The van der Waals surface area contributed by atoms with E-state index in [1.54, 1.807) is 32.0 Å². The minimum Gasteiger partial charge on any atom is -0.462 e. The number of nitrogens with zero attached hydrogens (tertiary/aromatic N) is 1. The molecule has 6 atom stereocenters. The van der Waals surface area contributed by atoms with Gasteiger partial charge in [-0.2, -0.15) is 5.09 Å². The molecule has 2 aromatic rings. The summed E-state index contributed by atoms with van der Waals surface area (Å²) in [6.07, 6.45) is -3.65. The number of aromatic amines is 1. The van der Waals surface area contributed by atoms with Crippen LogP contribution in [-0.2, 0) is 23.4 Å². The van der Waals surface area contributed by atoms with Gasteiger partial charge < -0.3 is 29.2 Å². The highest BCUT2D eigenvalue weighted by Crippen LogP contribution is 2.47. The molecule has 204 valence electrons. The number of alkyl halides is 1. The predicted octanol–water partition coefficient (Wildman–Crippen LogP) is 3.37. The van der Waals surface area contributed by atoms with Gasteiger partial charge >= 0.3 is 13.7 Å². The maximum absolute atomic E-state index is 14.0. The minimum absolute atomic E-state index is 0.0235. The summed E-state index contributed by atoms with van der Waals surface area (Å²) in [6, 6.07) is 8.39. The van der Waals surface area contributed by atoms with Gasteiger partial charge in [0, 0.05) is 6.20 Å². The molecule has 2 unspecified atom stereocenters. The number of H-pyrrole nitrogens is 1. The van der Waals surface area contributed by atoms with E-state index in [1.165, 1.54) is 35.9 Å². The van der Waals surface area contributed by atoms with Gasteiger partial charge in [0.05, 0.1) is 12.7 Å². The standard InChI is InChI=1S/C22H29FN3O8PS2/c1-13(2)32-19(28)14(3)25-35(30,34-15-7-5-4-6-8-15)31-11-16-18(27)22(29,12-23)20(33-16)26-10-9-17(36)24-21(26)37/h4-10,13-14,16,18,20,27,29H,11-12H2,1-3H3,(H,25,30)(H,24,36,37)/t14-,16+,18?,20+,22+,35?/m0/s1. The average Bonchev–Trinajstić information content (AvgIpc) is 3.08. The zero-order valence-electron chi connectivity index (χ0n) is 20.3. The van der Waals surface area contributed by atoms with Crippen LogP contribution in [0, 0.1) is 9.41 Å². The van der Waals surface area contributed by atoms with E-state index in [9.17, 15) is 24.0 Å². The van der Waals surface area contributed by atoms with Crippen LogP contribution < -0.4 is 9.61 Å². The summed E-state index contributed by atoms with van der Waals surface area (Å²) >= 11 is 10.2. The minimum atomic E-state index is -4.30. The fourth-order valence-electron chi connectivity index (χ4n) is 3.53. The van der Waals surface area contributed by atoms with Crippen LogP contribution in [0.2, 0.25) is 0 Å². The van der Waals surface area contributed by atoms with Crippen LogP contribution in [0.3, 0.4) is 0 Å². The molecule has 1 aliphatic rings. The SMILES string of the molecule is CC(C)OC(=O)[C@H](C)NP(=O)(OC[C@H]1O[C@@H](n2ccc(=S)[nH]c2=S)[C@@](O)(CF)C1O)Oc1ccccc1. The van der Waals surface area contributed by atoms with E-state index in [2.05, 4.69) is 10.1 Å². The number of ether oxygens (including phenoxy) is 2. The smallest absolute Gasteiger partial charge is 0.459 e. The first-order valence-electron chi connectivity index (χ1n) is 11.3. The van der Waals surface area contributed by atoms with Gasteiger partial charge in [-0.05, 0) is 51.2 Å². The van der Waals surface area contributed by atoms with E-state index >= 15 is 0 Å². The number of esters is 1. The summed E-state index contributed by atoms with van der Waals surface area (Å²) in [5.41, 5.74) is -2.41. The van der Waals surface area contributed by atoms with Crippen molar-refractivity contribution in [3.05, 3.63) is 52.0 Å². The van der Waals surface area contributed by atoms with Crippen molar-refractivity contribution in [3.8, 4) is 5.75 Å². The lowest BCUT2D eigenvalue weighted by Crippen LogP contribution is -2.49. The lowest BCUT2D eigenvalue weighted by Gasteiger charge is -2.29. The fourth-order valence-corrected chi connectivity index (χ4v) is 5.52. The molecule has 0 spiro atoms. The van der Waals surface area contributed by atoms with Gasteiger partial charge in [-0.25, -0.2) is 8.96 Å². The molecule has 1 saturated heterocycles. The molecule has 0 bridgehead atoms. The molecule has 1 aromatic carbocycles. The van der Waals surface area contributed by atoms with Crippen molar-refractivity contribution in [1.29, 1.82) is 0 Å². The van der Waals surface area contributed by atoms with E-state index in [0.717, 1.165) is 0 Å². The maximum atomic E-state index is 14.0. The van der Waals surface area contributed by atoms with Crippen molar-refractivity contribution in [2.45, 2.75) is 57.0 Å². The molecule has 4 N–H and O–H groups in total.